The van der Waals surface area contributed by atoms with Crippen molar-refractivity contribution in [3.05, 3.63) is 53.0 Å². The molecule has 2 rings (SSSR count). The molecule has 0 bridgehead atoms. The summed E-state index contributed by atoms with van der Waals surface area (Å²) in [5.74, 6) is 2.71. The zero-order chi connectivity index (χ0) is 13.7. The van der Waals surface area contributed by atoms with Crippen LogP contribution in [0.1, 0.15) is 29.6 Å². The highest BCUT2D eigenvalue weighted by Crippen LogP contribution is 2.18. The van der Waals surface area contributed by atoms with Crippen LogP contribution in [0.15, 0.2) is 34.7 Å². The second-order valence-electron chi connectivity index (χ2n) is 4.68. The molecule has 0 amide bonds. The highest BCUT2D eigenvalue weighted by atomic mass is 16.5. The highest BCUT2D eigenvalue weighted by Gasteiger charge is 2.07. The van der Waals surface area contributed by atoms with E-state index < -0.39 is 0 Å². The van der Waals surface area contributed by atoms with Gasteiger partial charge in [0.25, 0.3) is 0 Å². The molecule has 0 radical (unpaired) electrons. The summed E-state index contributed by atoms with van der Waals surface area (Å²) in [6, 6.07) is 10.1. The molecule has 1 aromatic carbocycles. The van der Waals surface area contributed by atoms with Crippen LogP contribution in [0.25, 0.3) is 0 Å². The molecule has 0 saturated heterocycles. The van der Waals surface area contributed by atoms with Gasteiger partial charge in [-0.25, -0.2) is 0 Å². The maximum absolute atomic E-state index is 5.73. The first-order chi connectivity index (χ1) is 9.19. The van der Waals surface area contributed by atoms with E-state index >= 15 is 0 Å². The van der Waals surface area contributed by atoms with E-state index in [9.17, 15) is 0 Å². The number of ether oxygens (including phenoxy) is 1. The summed E-state index contributed by atoms with van der Waals surface area (Å²) in [4.78, 5) is 0. The van der Waals surface area contributed by atoms with E-state index in [0.29, 0.717) is 6.61 Å². The third-order valence-corrected chi connectivity index (χ3v) is 3.01. The first-order valence-corrected chi connectivity index (χ1v) is 6.67. The molecule has 0 aliphatic rings. The summed E-state index contributed by atoms with van der Waals surface area (Å²) >= 11 is 0. The van der Waals surface area contributed by atoms with Crippen LogP contribution in [0.3, 0.4) is 0 Å². The SMILES string of the molecule is CCNCc1cc(COc2cccc(C)c2)oc1C. The average Bonchev–Trinajstić information content (AvgIpc) is 2.75. The van der Waals surface area contributed by atoms with Crippen molar-refractivity contribution in [1.82, 2.24) is 5.32 Å². The van der Waals surface area contributed by atoms with Crippen molar-refractivity contribution < 1.29 is 9.15 Å². The molecule has 1 N–H and O–H groups in total. The summed E-state index contributed by atoms with van der Waals surface area (Å²) in [5, 5.41) is 3.30. The summed E-state index contributed by atoms with van der Waals surface area (Å²) in [5.41, 5.74) is 2.39. The van der Waals surface area contributed by atoms with Crippen molar-refractivity contribution in [2.45, 2.75) is 33.9 Å². The summed E-state index contributed by atoms with van der Waals surface area (Å²) < 4.78 is 11.4. The van der Waals surface area contributed by atoms with Gasteiger partial charge in [-0.2, -0.15) is 0 Å². The Hall–Kier alpha value is -1.74. The maximum atomic E-state index is 5.73. The molecule has 3 nitrogen and oxygen atoms in total. The van der Waals surface area contributed by atoms with Gasteiger partial charge in [-0.05, 0) is 44.2 Å². The Morgan fingerprint density at radius 2 is 2.05 bits per heavy atom. The largest absolute Gasteiger partial charge is 0.486 e. The van der Waals surface area contributed by atoms with E-state index in [4.69, 9.17) is 9.15 Å². The van der Waals surface area contributed by atoms with Gasteiger partial charge in [0.15, 0.2) is 0 Å². The first-order valence-electron chi connectivity index (χ1n) is 6.67. The summed E-state index contributed by atoms with van der Waals surface area (Å²) in [7, 11) is 0. The quantitative estimate of drug-likeness (QED) is 0.861. The molecule has 2 aromatic rings. The number of furan rings is 1. The highest BCUT2D eigenvalue weighted by molar-refractivity contribution is 5.28. The van der Waals surface area contributed by atoms with E-state index in [2.05, 4.69) is 31.3 Å². The van der Waals surface area contributed by atoms with Crippen molar-refractivity contribution in [1.29, 1.82) is 0 Å². The topological polar surface area (TPSA) is 34.4 Å². The fraction of sp³-hybridized carbons (Fsp3) is 0.375. The van der Waals surface area contributed by atoms with Crippen LogP contribution in [-0.2, 0) is 13.2 Å². The van der Waals surface area contributed by atoms with Gasteiger partial charge in [-0.1, -0.05) is 19.1 Å². The van der Waals surface area contributed by atoms with Crippen LogP contribution < -0.4 is 10.1 Å². The number of benzene rings is 1. The molecule has 0 saturated carbocycles. The molecule has 0 fully saturated rings. The third kappa shape index (κ3) is 3.86. The Labute approximate surface area is 114 Å². The molecular formula is C16H21NO2. The minimum absolute atomic E-state index is 0.469. The van der Waals surface area contributed by atoms with Crippen molar-refractivity contribution in [2.24, 2.45) is 0 Å². The van der Waals surface area contributed by atoms with Crippen molar-refractivity contribution in [3.8, 4) is 5.75 Å². The van der Waals surface area contributed by atoms with Gasteiger partial charge in [0.1, 0.15) is 23.9 Å². The molecule has 0 unspecified atom stereocenters. The van der Waals surface area contributed by atoms with E-state index in [1.807, 2.05) is 25.1 Å². The smallest absolute Gasteiger partial charge is 0.146 e. The zero-order valence-corrected chi connectivity index (χ0v) is 11.8. The summed E-state index contributed by atoms with van der Waals surface area (Å²) in [6.45, 7) is 8.41. The molecule has 102 valence electrons. The standard InChI is InChI=1S/C16H21NO2/c1-4-17-10-14-9-16(19-13(14)3)11-18-15-7-5-6-12(2)8-15/h5-9,17H,4,10-11H2,1-3H3. The first kappa shape index (κ1) is 13.7. The molecule has 1 heterocycles. The van der Waals surface area contributed by atoms with Crippen LogP contribution in [0, 0.1) is 13.8 Å². The number of nitrogens with one attached hydrogen (secondary N) is 1. The Bertz CT molecular complexity index is 531. The van der Waals surface area contributed by atoms with Crippen LogP contribution in [0.5, 0.6) is 5.75 Å². The van der Waals surface area contributed by atoms with Gasteiger partial charge in [0, 0.05) is 12.1 Å². The molecule has 1 aromatic heterocycles. The fourth-order valence-electron chi connectivity index (χ4n) is 1.95. The maximum Gasteiger partial charge on any atom is 0.146 e. The predicted molar refractivity (Wildman–Crippen MR) is 76.3 cm³/mol. The number of hydrogen-bond acceptors (Lipinski definition) is 3. The lowest BCUT2D eigenvalue weighted by molar-refractivity contribution is 0.267. The number of rotatable bonds is 6. The van der Waals surface area contributed by atoms with Gasteiger partial charge < -0.3 is 14.5 Å². The van der Waals surface area contributed by atoms with Crippen molar-refractivity contribution in [3.63, 3.8) is 0 Å². The average molecular weight is 259 g/mol. The van der Waals surface area contributed by atoms with Gasteiger partial charge >= 0.3 is 0 Å². The number of hydrogen-bond donors (Lipinski definition) is 1. The minimum Gasteiger partial charge on any atom is -0.486 e. The Kier molecular flexibility index (Phi) is 4.63. The fourth-order valence-corrected chi connectivity index (χ4v) is 1.95. The molecule has 0 atom stereocenters. The van der Waals surface area contributed by atoms with E-state index in [-0.39, 0.29) is 0 Å². The zero-order valence-electron chi connectivity index (χ0n) is 11.8. The lowest BCUT2D eigenvalue weighted by Crippen LogP contribution is -2.11. The van der Waals surface area contributed by atoms with Gasteiger partial charge in [0.2, 0.25) is 0 Å². The van der Waals surface area contributed by atoms with Crippen molar-refractivity contribution >= 4 is 0 Å². The van der Waals surface area contributed by atoms with Gasteiger partial charge in [-0.15, -0.1) is 0 Å². The third-order valence-electron chi connectivity index (χ3n) is 3.01. The van der Waals surface area contributed by atoms with E-state index in [1.54, 1.807) is 0 Å². The minimum atomic E-state index is 0.469. The van der Waals surface area contributed by atoms with Gasteiger partial charge in [0.05, 0.1) is 0 Å². The van der Waals surface area contributed by atoms with Gasteiger partial charge in [-0.3, -0.25) is 0 Å². The lowest BCUT2D eigenvalue weighted by atomic mass is 10.2. The second-order valence-corrected chi connectivity index (χ2v) is 4.68. The van der Waals surface area contributed by atoms with Crippen LogP contribution in [0.4, 0.5) is 0 Å². The second kappa shape index (κ2) is 6.43. The van der Waals surface area contributed by atoms with Crippen LogP contribution >= 0.6 is 0 Å². The van der Waals surface area contributed by atoms with Crippen LogP contribution in [-0.4, -0.2) is 6.54 Å². The Morgan fingerprint density at radius 1 is 1.21 bits per heavy atom. The normalized spacial score (nSPS) is 10.7. The Morgan fingerprint density at radius 3 is 2.79 bits per heavy atom. The van der Waals surface area contributed by atoms with Crippen molar-refractivity contribution in [2.75, 3.05) is 6.54 Å². The predicted octanol–water partition coefficient (Wildman–Crippen LogP) is 3.58. The molecule has 0 spiro atoms. The number of aryl methyl sites for hydroxylation is 2. The molecule has 0 aliphatic carbocycles. The molecule has 3 heteroatoms. The monoisotopic (exact) mass is 259 g/mol. The van der Waals surface area contributed by atoms with E-state index in [1.165, 1.54) is 11.1 Å². The molecule has 0 aliphatic heterocycles. The molecule has 19 heavy (non-hydrogen) atoms. The van der Waals surface area contributed by atoms with E-state index in [0.717, 1.165) is 30.4 Å². The lowest BCUT2D eigenvalue weighted by Gasteiger charge is -2.04. The molecular weight excluding hydrogens is 238 g/mol. The van der Waals surface area contributed by atoms with Crippen LogP contribution in [0.2, 0.25) is 0 Å². The Balaban J connectivity index is 1.96. The summed E-state index contributed by atoms with van der Waals surface area (Å²) in [6.07, 6.45) is 0.